The molecule has 1 N–H and O–H groups in total. The molecule has 1 aliphatic carbocycles. The number of rotatable bonds is 3. The minimum absolute atomic E-state index is 0.322. The fourth-order valence-corrected chi connectivity index (χ4v) is 3.20. The van der Waals surface area contributed by atoms with Gasteiger partial charge in [0, 0.05) is 52.9 Å². The molecule has 5 nitrogen and oxygen atoms in total. The summed E-state index contributed by atoms with van der Waals surface area (Å²) < 4.78 is 16.3. The molecule has 0 amide bonds. The molecule has 1 saturated carbocycles. The largest absolute Gasteiger partial charge is 0.345 e. The van der Waals surface area contributed by atoms with Crippen molar-refractivity contribution in [3.8, 4) is 11.1 Å². The molecule has 120 valence electrons. The molecule has 0 radical (unpaired) electrons. The number of fused-ring (bicyclic) bond motifs is 2. The highest BCUT2D eigenvalue weighted by Gasteiger charge is 2.27. The second-order valence-electron chi connectivity index (χ2n) is 6.34. The van der Waals surface area contributed by atoms with Crippen LogP contribution < -0.4 is 0 Å². The Kier molecular flexibility index (Phi) is 2.77. The number of hydrogen-bond donors (Lipinski definition) is 1. The van der Waals surface area contributed by atoms with Gasteiger partial charge in [-0.25, -0.2) is 19.3 Å². The minimum Gasteiger partial charge on any atom is -0.345 e. The highest BCUT2D eigenvalue weighted by Crippen LogP contribution is 2.39. The Balaban J connectivity index is 1.70. The van der Waals surface area contributed by atoms with Gasteiger partial charge in [-0.05, 0) is 25.3 Å². The molecule has 4 aromatic rings. The second kappa shape index (κ2) is 4.87. The van der Waals surface area contributed by atoms with Crippen LogP contribution in [0, 0.1) is 5.82 Å². The Labute approximate surface area is 137 Å². The first-order valence-corrected chi connectivity index (χ1v) is 8.24. The van der Waals surface area contributed by atoms with Gasteiger partial charge in [0.2, 0.25) is 0 Å². The van der Waals surface area contributed by atoms with Crippen molar-refractivity contribution < 1.29 is 4.39 Å². The molecule has 24 heavy (non-hydrogen) atoms. The number of aryl methyl sites for hydroxylation is 1. The highest BCUT2D eigenvalue weighted by atomic mass is 19.1. The van der Waals surface area contributed by atoms with Crippen LogP contribution in [-0.2, 0) is 6.42 Å². The molecule has 1 aliphatic rings. The molecular weight excluding hydrogens is 305 g/mol. The molecule has 0 aromatic carbocycles. The summed E-state index contributed by atoms with van der Waals surface area (Å²) in [5, 5.41) is 0.913. The lowest BCUT2D eigenvalue weighted by Crippen LogP contribution is -1.95. The number of hydrogen-bond acceptors (Lipinski definition) is 3. The van der Waals surface area contributed by atoms with Crippen molar-refractivity contribution in [3.63, 3.8) is 0 Å². The van der Waals surface area contributed by atoms with Crippen LogP contribution in [0.3, 0.4) is 0 Å². The van der Waals surface area contributed by atoms with Crippen molar-refractivity contribution in [1.82, 2.24) is 24.3 Å². The van der Waals surface area contributed by atoms with Crippen LogP contribution in [0.15, 0.2) is 30.9 Å². The van der Waals surface area contributed by atoms with E-state index in [1.54, 1.807) is 6.20 Å². The van der Waals surface area contributed by atoms with Crippen molar-refractivity contribution in [1.29, 1.82) is 0 Å². The van der Waals surface area contributed by atoms with Crippen molar-refractivity contribution in [2.45, 2.75) is 32.1 Å². The van der Waals surface area contributed by atoms with E-state index >= 15 is 0 Å². The molecular formula is C18H16FN5. The molecule has 0 saturated heterocycles. The third-order valence-electron chi connectivity index (χ3n) is 4.70. The molecule has 0 bridgehead atoms. The lowest BCUT2D eigenvalue weighted by Gasteiger charge is -2.05. The molecule has 0 atom stereocenters. The van der Waals surface area contributed by atoms with Gasteiger partial charge in [0.1, 0.15) is 11.5 Å². The predicted octanol–water partition coefficient (Wildman–Crippen LogP) is 3.85. The summed E-state index contributed by atoms with van der Waals surface area (Å²) in [5.41, 5.74) is 3.86. The number of pyridine rings is 1. The molecule has 4 aromatic heterocycles. The Morgan fingerprint density at radius 3 is 2.96 bits per heavy atom. The Morgan fingerprint density at radius 1 is 1.29 bits per heavy atom. The topological polar surface area (TPSA) is 58.9 Å². The zero-order valence-electron chi connectivity index (χ0n) is 13.3. The van der Waals surface area contributed by atoms with E-state index in [1.165, 1.54) is 18.9 Å². The fourth-order valence-electron chi connectivity index (χ4n) is 3.20. The predicted molar refractivity (Wildman–Crippen MR) is 89.4 cm³/mol. The molecule has 4 heterocycles. The highest BCUT2D eigenvalue weighted by molar-refractivity contribution is 5.93. The van der Waals surface area contributed by atoms with E-state index in [-0.39, 0.29) is 5.82 Å². The summed E-state index contributed by atoms with van der Waals surface area (Å²) in [4.78, 5) is 16.5. The molecule has 6 heteroatoms. The van der Waals surface area contributed by atoms with Crippen molar-refractivity contribution in [3.05, 3.63) is 48.2 Å². The quantitative estimate of drug-likeness (QED) is 0.623. The van der Waals surface area contributed by atoms with Crippen LogP contribution >= 0.6 is 0 Å². The first-order valence-electron chi connectivity index (χ1n) is 8.24. The van der Waals surface area contributed by atoms with Crippen molar-refractivity contribution in [2.24, 2.45) is 0 Å². The van der Waals surface area contributed by atoms with Crippen LogP contribution in [0.4, 0.5) is 4.39 Å². The van der Waals surface area contributed by atoms with Crippen LogP contribution in [0.25, 0.3) is 27.8 Å². The van der Waals surface area contributed by atoms with Crippen LogP contribution in [0.1, 0.15) is 37.2 Å². The van der Waals surface area contributed by atoms with E-state index < -0.39 is 0 Å². The van der Waals surface area contributed by atoms with Crippen LogP contribution in [-0.4, -0.2) is 24.3 Å². The van der Waals surface area contributed by atoms with E-state index in [1.807, 2.05) is 29.9 Å². The summed E-state index contributed by atoms with van der Waals surface area (Å²) >= 11 is 0. The molecule has 0 unspecified atom stereocenters. The lowest BCUT2D eigenvalue weighted by molar-refractivity contribution is 0.630. The number of halogens is 1. The van der Waals surface area contributed by atoms with Crippen molar-refractivity contribution in [2.75, 3.05) is 0 Å². The fraction of sp³-hybridized carbons (Fsp3) is 0.278. The molecule has 5 rings (SSSR count). The Morgan fingerprint density at radius 2 is 2.17 bits per heavy atom. The molecule has 0 aliphatic heterocycles. The number of aromatic amines is 1. The third kappa shape index (κ3) is 1.95. The number of H-pyrrole nitrogens is 1. The first-order chi connectivity index (χ1) is 11.7. The van der Waals surface area contributed by atoms with Gasteiger partial charge in [-0.3, -0.25) is 0 Å². The average molecular weight is 321 g/mol. The lowest BCUT2D eigenvalue weighted by atomic mass is 10.1. The summed E-state index contributed by atoms with van der Waals surface area (Å²) in [6, 6.07) is 1.53. The Bertz CT molecular complexity index is 1070. The third-order valence-corrected chi connectivity index (χ3v) is 4.70. The zero-order valence-corrected chi connectivity index (χ0v) is 13.3. The van der Waals surface area contributed by atoms with Crippen LogP contribution in [0.2, 0.25) is 0 Å². The van der Waals surface area contributed by atoms with E-state index in [0.717, 1.165) is 40.1 Å². The average Bonchev–Trinajstić information content (AvgIpc) is 3.22. The maximum Gasteiger partial charge on any atom is 0.173 e. The van der Waals surface area contributed by atoms with Crippen molar-refractivity contribution >= 4 is 16.7 Å². The van der Waals surface area contributed by atoms with E-state index in [9.17, 15) is 4.39 Å². The standard InChI is InChI=1S/C18H16FN5/c1-2-12-6-22-18-15(19)5-11(9-24(12)18)13-7-21-17-14(13)8-20-16(23-17)10-3-4-10/h5-10H,2-4H2,1H3,(H,20,21,23). The number of imidazole rings is 1. The summed E-state index contributed by atoms with van der Waals surface area (Å²) in [5.74, 6) is 1.09. The SMILES string of the molecule is CCc1cnc2c(F)cc(-c3c[nH]c4nc(C5CC5)ncc34)cn12. The Hall–Kier alpha value is -2.76. The summed E-state index contributed by atoms with van der Waals surface area (Å²) in [6.07, 6.45) is 10.5. The number of nitrogens with one attached hydrogen (secondary N) is 1. The van der Waals surface area contributed by atoms with Gasteiger partial charge < -0.3 is 9.38 Å². The van der Waals surface area contributed by atoms with Gasteiger partial charge in [-0.2, -0.15) is 0 Å². The maximum atomic E-state index is 14.4. The van der Waals surface area contributed by atoms with Gasteiger partial charge in [-0.1, -0.05) is 6.92 Å². The van der Waals surface area contributed by atoms with Crippen LogP contribution in [0.5, 0.6) is 0 Å². The van der Waals surface area contributed by atoms with Gasteiger partial charge in [0.25, 0.3) is 0 Å². The monoisotopic (exact) mass is 321 g/mol. The molecule has 0 spiro atoms. The zero-order chi connectivity index (χ0) is 16.3. The van der Waals surface area contributed by atoms with Gasteiger partial charge in [0.05, 0.1) is 0 Å². The maximum absolute atomic E-state index is 14.4. The summed E-state index contributed by atoms with van der Waals surface area (Å²) in [7, 11) is 0. The minimum atomic E-state index is -0.322. The summed E-state index contributed by atoms with van der Waals surface area (Å²) in [6.45, 7) is 2.03. The molecule has 1 fully saturated rings. The normalized spacial score (nSPS) is 14.8. The van der Waals surface area contributed by atoms with Gasteiger partial charge in [-0.15, -0.1) is 0 Å². The van der Waals surface area contributed by atoms with Gasteiger partial charge in [0.15, 0.2) is 11.5 Å². The number of nitrogens with zero attached hydrogens (tertiary/aromatic N) is 4. The second-order valence-corrected chi connectivity index (χ2v) is 6.34. The van der Waals surface area contributed by atoms with E-state index in [4.69, 9.17) is 0 Å². The number of aromatic nitrogens is 5. The smallest absolute Gasteiger partial charge is 0.173 e. The van der Waals surface area contributed by atoms with Gasteiger partial charge >= 0.3 is 0 Å². The van der Waals surface area contributed by atoms with E-state index in [2.05, 4.69) is 19.9 Å². The van der Waals surface area contributed by atoms with E-state index in [0.29, 0.717) is 11.6 Å². The first kappa shape index (κ1) is 13.7.